The molecule has 0 N–H and O–H groups in total. The van der Waals surface area contributed by atoms with Crippen molar-refractivity contribution in [1.82, 2.24) is 9.88 Å². The van der Waals surface area contributed by atoms with Gasteiger partial charge in [0.1, 0.15) is 16.5 Å². The minimum Gasteiger partial charge on any atom is -0.493 e. The van der Waals surface area contributed by atoms with Crippen molar-refractivity contribution in [2.24, 2.45) is 10.3 Å². The van der Waals surface area contributed by atoms with Gasteiger partial charge in [0, 0.05) is 29.6 Å². The molecule has 11 heteroatoms. The number of benzene rings is 2. The Morgan fingerprint density at radius 3 is 2.68 bits per heavy atom. The van der Waals surface area contributed by atoms with Gasteiger partial charge in [0.2, 0.25) is 0 Å². The molecule has 0 aliphatic carbocycles. The van der Waals surface area contributed by atoms with E-state index in [0.717, 1.165) is 10.6 Å². The van der Waals surface area contributed by atoms with Crippen molar-refractivity contribution in [3.63, 3.8) is 0 Å². The molecule has 194 valence electrons. The van der Waals surface area contributed by atoms with E-state index in [4.69, 9.17) is 14.2 Å². The van der Waals surface area contributed by atoms with Crippen LogP contribution in [-0.2, 0) is 26.2 Å². The number of esters is 1. The minimum atomic E-state index is -3.66. The molecule has 2 aliphatic rings. The maximum absolute atomic E-state index is 12.7. The smallest absolute Gasteiger partial charge is 0.309 e. The minimum absolute atomic E-state index is 0.0992. The summed E-state index contributed by atoms with van der Waals surface area (Å²) >= 11 is 1.47. The Bertz CT molecular complexity index is 1440. The number of ether oxygens (including phenoxy) is 3. The number of aromatic nitrogens is 1. The van der Waals surface area contributed by atoms with Gasteiger partial charge in [-0.15, -0.1) is 15.7 Å². The Morgan fingerprint density at radius 1 is 1.14 bits per heavy atom. The summed E-state index contributed by atoms with van der Waals surface area (Å²) in [6.07, 6.45) is 1.13. The van der Waals surface area contributed by atoms with Gasteiger partial charge in [0.25, 0.3) is 10.0 Å². The van der Waals surface area contributed by atoms with Crippen LogP contribution in [0.3, 0.4) is 0 Å². The van der Waals surface area contributed by atoms with Gasteiger partial charge in [-0.25, -0.2) is 4.98 Å². The first kappa shape index (κ1) is 25.2. The number of carbonyl (C=O) groups is 1. The summed E-state index contributed by atoms with van der Waals surface area (Å²) in [6.45, 7) is 3.63. The molecule has 0 saturated carbocycles. The molecule has 1 saturated heterocycles. The summed E-state index contributed by atoms with van der Waals surface area (Å²) in [6, 6.07) is 12.5. The monoisotopic (exact) mass is 541 g/mol. The van der Waals surface area contributed by atoms with E-state index >= 15 is 0 Å². The van der Waals surface area contributed by atoms with E-state index < -0.39 is 10.0 Å². The highest BCUT2D eigenvalue weighted by Gasteiger charge is 2.34. The molecule has 0 radical (unpaired) electrons. The fourth-order valence-corrected chi connectivity index (χ4v) is 6.52. The van der Waals surface area contributed by atoms with E-state index in [-0.39, 0.29) is 23.4 Å². The lowest BCUT2D eigenvalue weighted by atomic mass is 9.96. The molecule has 37 heavy (non-hydrogen) atoms. The number of amidine groups is 1. The topological polar surface area (TPSA) is 107 Å². The van der Waals surface area contributed by atoms with Crippen molar-refractivity contribution in [1.29, 1.82) is 0 Å². The summed E-state index contributed by atoms with van der Waals surface area (Å²) in [4.78, 5) is 19.5. The zero-order valence-electron chi connectivity index (χ0n) is 20.5. The highest BCUT2D eigenvalue weighted by Crippen LogP contribution is 2.34. The fraction of sp³-hybridized carbons (Fsp3) is 0.346. The molecule has 0 spiro atoms. The number of carbonyl (C=O) groups excluding carboxylic acids is 1. The van der Waals surface area contributed by atoms with E-state index in [2.05, 4.69) is 9.38 Å². The normalized spacial score (nSPS) is 16.7. The molecule has 9 nitrogen and oxygen atoms in total. The van der Waals surface area contributed by atoms with E-state index in [1.165, 1.54) is 11.3 Å². The number of hydrogen-bond acceptors (Lipinski definition) is 9. The van der Waals surface area contributed by atoms with Crippen molar-refractivity contribution in [3.8, 4) is 22.1 Å². The van der Waals surface area contributed by atoms with Gasteiger partial charge in [0.15, 0.2) is 17.3 Å². The molecular formula is C26H27N3O6S2. The van der Waals surface area contributed by atoms with Crippen LogP contribution in [0.2, 0.25) is 0 Å². The molecule has 0 unspecified atom stereocenters. The number of methoxy groups -OCH3 is 1. The molecule has 3 aromatic rings. The van der Waals surface area contributed by atoms with Crippen LogP contribution in [0.15, 0.2) is 57.1 Å². The maximum Gasteiger partial charge on any atom is 0.309 e. The summed E-state index contributed by atoms with van der Waals surface area (Å²) < 4.78 is 45.3. The lowest BCUT2D eigenvalue weighted by Crippen LogP contribution is -2.40. The number of likely N-dealkylation sites (tertiary alicyclic amines) is 1. The quantitative estimate of drug-likeness (QED) is 0.411. The number of fused-ring (bicyclic) bond motifs is 1. The number of sulfonamides is 1. The van der Waals surface area contributed by atoms with E-state index in [0.29, 0.717) is 61.1 Å². The lowest BCUT2D eigenvalue weighted by Gasteiger charge is -2.32. The Labute approximate surface area is 219 Å². The van der Waals surface area contributed by atoms with Crippen LogP contribution < -0.4 is 9.47 Å². The van der Waals surface area contributed by atoms with Gasteiger partial charge in [-0.3, -0.25) is 4.79 Å². The SMILES string of the molecule is CCOc1ccc(-c2nc(COC(=O)C3CCN(C4=NS(=O)(=O)c5ccccc54)CC3)cs2)cc1OC. The summed E-state index contributed by atoms with van der Waals surface area (Å²) in [5.74, 6) is 1.26. The number of rotatable bonds is 7. The second-order valence-corrected chi connectivity index (χ2v) is 11.1. The van der Waals surface area contributed by atoms with Crippen LogP contribution >= 0.6 is 11.3 Å². The van der Waals surface area contributed by atoms with Crippen LogP contribution in [0.4, 0.5) is 0 Å². The van der Waals surface area contributed by atoms with Crippen LogP contribution in [0, 0.1) is 5.92 Å². The van der Waals surface area contributed by atoms with Crippen molar-refractivity contribution >= 4 is 33.2 Å². The standard InChI is InChI=1S/C26H27N3O6S2/c1-3-34-21-9-8-18(14-22(21)33-2)25-27-19(16-36-25)15-35-26(30)17-10-12-29(13-11-17)24-20-6-4-5-7-23(20)37(31,32)28-24/h4-9,14,16-17H,3,10-13,15H2,1-2H3. The molecule has 2 aliphatic heterocycles. The highest BCUT2D eigenvalue weighted by molar-refractivity contribution is 7.90. The number of hydrogen-bond donors (Lipinski definition) is 0. The predicted octanol–water partition coefficient (Wildman–Crippen LogP) is 4.12. The number of piperidine rings is 1. The molecular weight excluding hydrogens is 514 g/mol. The van der Waals surface area contributed by atoms with E-state index in [1.54, 1.807) is 31.4 Å². The third kappa shape index (κ3) is 5.19. The Morgan fingerprint density at radius 2 is 1.92 bits per heavy atom. The van der Waals surface area contributed by atoms with Crippen LogP contribution in [-0.4, -0.2) is 56.9 Å². The second kappa shape index (κ2) is 10.5. The van der Waals surface area contributed by atoms with E-state index in [9.17, 15) is 13.2 Å². The average Bonchev–Trinajstić information content (AvgIpc) is 3.50. The molecule has 0 atom stereocenters. The van der Waals surface area contributed by atoms with Gasteiger partial charge in [-0.2, -0.15) is 8.42 Å². The predicted molar refractivity (Wildman–Crippen MR) is 140 cm³/mol. The van der Waals surface area contributed by atoms with Crippen LogP contribution in [0.5, 0.6) is 11.5 Å². The van der Waals surface area contributed by atoms with E-state index in [1.807, 2.05) is 35.4 Å². The number of nitrogens with zero attached hydrogens (tertiary/aromatic N) is 3. The van der Waals surface area contributed by atoms with Crippen molar-refractivity contribution < 1.29 is 27.4 Å². The third-order valence-corrected chi connectivity index (χ3v) is 8.63. The molecule has 5 rings (SSSR count). The van der Waals surface area contributed by atoms with Crippen LogP contribution in [0.25, 0.3) is 10.6 Å². The van der Waals surface area contributed by atoms with Gasteiger partial charge >= 0.3 is 5.97 Å². The summed E-state index contributed by atoms with van der Waals surface area (Å²) in [5.41, 5.74) is 2.20. The molecule has 3 heterocycles. The van der Waals surface area contributed by atoms with Gasteiger partial charge in [-0.1, -0.05) is 12.1 Å². The molecule has 0 amide bonds. The highest BCUT2D eigenvalue weighted by atomic mass is 32.2. The molecule has 2 aromatic carbocycles. The zero-order valence-corrected chi connectivity index (χ0v) is 22.2. The Hall–Kier alpha value is -3.44. The largest absolute Gasteiger partial charge is 0.493 e. The first-order valence-corrected chi connectivity index (χ1v) is 14.3. The maximum atomic E-state index is 12.7. The third-order valence-electron chi connectivity index (χ3n) is 6.36. The molecule has 1 fully saturated rings. The second-order valence-electron chi connectivity index (χ2n) is 8.70. The van der Waals surface area contributed by atoms with Crippen molar-refractivity contribution in [3.05, 3.63) is 59.1 Å². The molecule has 0 bridgehead atoms. The average molecular weight is 542 g/mol. The lowest BCUT2D eigenvalue weighted by molar-refractivity contribution is -0.151. The first-order chi connectivity index (χ1) is 17.9. The van der Waals surface area contributed by atoms with Crippen LogP contribution in [0.1, 0.15) is 31.0 Å². The van der Waals surface area contributed by atoms with Crippen molar-refractivity contribution in [2.45, 2.75) is 31.3 Å². The number of thiazole rings is 1. The first-order valence-electron chi connectivity index (χ1n) is 12.0. The van der Waals surface area contributed by atoms with Gasteiger partial charge in [-0.05, 0) is 50.1 Å². The van der Waals surface area contributed by atoms with Gasteiger partial charge < -0.3 is 19.1 Å². The molecule has 1 aromatic heterocycles. The van der Waals surface area contributed by atoms with Gasteiger partial charge in [0.05, 0.1) is 25.3 Å². The summed E-state index contributed by atoms with van der Waals surface area (Å²) in [7, 11) is -2.07. The van der Waals surface area contributed by atoms with Crippen molar-refractivity contribution in [2.75, 3.05) is 26.8 Å². The summed E-state index contributed by atoms with van der Waals surface area (Å²) in [5, 5.41) is 2.68. The zero-order chi connectivity index (χ0) is 26.0. The fourth-order valence-electron chi connectivity index (χ4n) is 4.49. The Kier molecular flexibility index (Phi) is 7.16. The Balaban J connectivity index is 1.16.